The highest BCUT2D eigenvalue weighted by Gasteiger charge is 2.33. The predicted molar refractivity (Wildman–Crippen MR) is 72.0 cm³/mol. The molecule has 1 aromatic carbocycles. The van der Waals surface area contributed by atoms with Crippen molar-refractivity contribution in [3.8, 4) is 0 Å². The lowest BCUT2D eigenvalue weighted by molar-refractivity contribution is 0.623. The summed E-state index contributed by atoms with van der Waals surface area (Å²) in [5, 5.41) is 12.2. The summed E-state index contributed by atoms with van der Waals surface area (Å²) in [6.45, 7) is 1.90. The van der Waals surface area contributed by atoms with Gasteiger partial charge < -0.3 is 16.1 Å². The first-order valence-electron chi connectivity index (χ1n) is 5.63. The number of halogens is 1. The van der Waals surface area contributed by atoms with Crippen molar-refractivity contribution in [1.29, 1.82) is 5.41 Å². The van der Waals surface area contributed by atoms with E-state index in [1.54, 1.807) is 7.05 Å². The van der Waals surface area contributed by atoms with Gasteiger partial charge in [0.05, 0.1) is 28.7 Å². The van der Waals surface area contributed by atoms with E-state index in [2.05, 4.69) is 10.5 Å². The zero-order chi connectivity index (χ0) is 13.4. The van der Waals surface area contributed by atoms with Crippen molar-refractivity contribution in [2.75, 3.05) is 24.7 Å². The van der Waals surface area contributed by atoms with Crippen LogP contribution in [-0.4, -0.2) is 31.6 Å². The molecule has 1 atom stereocenters. The van der Waals surface area contributed by atoms with Crippen molar-refractivity contribution in [1.82, 2.24) is 5.43 Å². The Morgan fingerprint density at radius 1 is 1.50 bits per heavy atom. The van der Waals surface area contributed by atoms with Crippen LogP contribution >= 0.6 is 0 Å². The number of benzene rings is 1. The second kappa shape index (κ2) is 4.29. The molecular formula is C12H16FN5. The molecule has 1 aromatic rings. The normalized spacial score (nSPS) is 21.1. The number of hydrogen-bond acceptors (Lipinski definition) is 5. The van der Waals surface area contributed by atoms with Gasteiger partial charge in [0.1, 0.15) is 11.5 Å². The Kier molecular flexibility index (Phi) is 2.94. The maximum Gasteiger partial charge on any atom is 0.134 e. The molecule has 0 saturated carbocycles. The molecule has 4 N–H and O–H groups in total. The molecule has 0 aliphatic carbocycles. The van der Waals surface area contributed by atoms with E-state index in [4.69, 9.17) is 11.1 Å². The molecule has 0 aromatic heterocycles. The van der Waals surface area contributed by atoms with Gasteiger partial charge in [0.25, 0.3) is 0 Å². The first-order chi connectivity index (χ1) is 8.49. The second-order valence-electron chi connectivity index (χ2n) is 4.24. The van der Waals surface area contributed by atoms with E-state index < -0.39 is 5.82 Å². The first kappa shape index (κ1) is 12.3. The Hall–Kier alpha value is -2.11. The summed E-state index contributed by atoms with van der Waals surface area (Å²) < 4.78 is 13.9. The van der Waals surface area contributed by atoms with Crippen molar-refractivity contribution in [3.05, 3.63) is 23.5 Å². The van der Waals surface area contributed by atoms with Gasteiger partial charge in [-0.05, 0) is 19.1 Å². The van der Waals surface area contributed by atoms with E-state index in [0.29, 0.717) is 17.1 Å². The summed E-state index contributed by atoms with van der Waals surface area (Å²) in [5.74, 6) is -0.452. The van der Waals surface area contributed by atoms with E-state index in [1.807, 2.05) is 18.9 Å². The Morgan fingerprint density at radius 2 is 2.17 bits per heavy atom. The maximum atomic E-state index is 13.9. The molecule has 96 valence electrons. The molecule has 0 spiro atoms. The summed E-state index contributed by atoms with van der Waals surface area (Å²) >= 11 is 0. The average molecular weight is 249 g/mol. The summed E-state index contributed by atoms with van der Waals surface area (Å²) in [5.41, 5.74) is 10.3. The molecule has 5 nitrogen and oxygen atoms in total. The fourth-order valence-electron chi connectivity index (χ4n) is 2.18. The number of nitrogens with zero attached hydrogens (tertiary/aromatic N) is 2. The zero-order valence-electron chi connectivity index (χ0n) is 10.6. The average Bonchev–Trinajstić information content (AvgIpc) is 2.34. The molecule has 1 aliphatic rings. The van der Waals surface area contributed by atoms with E-state index in [0.717, 1.165) is 0 Å². The lowest BCUT2D eigenvalue weighted by atomic mass is 9.92. The van der Waals surface area contributed by atoms with Crippen LogP contribution in [0.25, 0.3) is 0 Å². The van der Waals surface area contributed by atoms with Gasteiger partial charge in [0.2, 0.25) is 0 Å². The number of nitrogens with one attached hydrogen (secondary N) is 2. The van der Waals surface area contributed by atoms with Gasteiger partial charge in [0, 0.05) is 14.1 Å². The molecule has 6 heteroatoms. The first-order valence-corrected chi connectivity index (χ1v) is 5.63. The summed E-state index contributed by atoms with van der Waals surface area (Å²) in [4.78, 5) is 1.84. The van der Waals surface area contributed by atoms with Crippen LogP contribution in [0.1, 0.15) is 12.5 Å². The van der Waals surface area contributed by atoms with Crippen molar-refractivity contribution in [2.45, 2.75) is 13.0 Å². The van der Waals surface area contributed by atoms with Crippen LogP contribution in [0, 0.1) is 11.2 Å². The number of nitrogen functional groups attached to an aromatic ring is 1. The molecule has 0 radical (unpaired) electrons. The quantitative estimate of drug-likeness (QED) is 0.517. The number of fused-ring (bicyclic) bond motifs is 1. The van der Waals surface area contributed by atoms with Crippen LogP contribution in [-0.2, 0) is 0 Å². The van der Waals surface area contributed by atoms with Crippen molar-refractivity contribution >= 4 is 22.8 Å². The SMILES string of the molecule is CN/N=C1\C(=N)c2c(F)ccc(N)c2N(C)C1C. The van der Waals surface area contributed by atoms with Crippen LogP contribution in [0.3, 0.4) is 0 Å². The molecule has 1 heterocycles. The number of hydrazone groups is 1. The molecule has 1 aliphatic heterocycles. The van der Waals surface area contributed by atoms with Gasteiger partial charge in [-0.1, -0.05) is 0 Å². The summed E-state index contributed by atoms with van der Waals surface area (Å²) in [7, 11) is 3.47. The van der Waals surface area contributed by atoms with Crippen LogP contribution in [0.15, 0.2) is 17.2 Å². The number of hydrogen-bond donors (Lipinski definition) is 3. The Labute approximate surface area is 105 Å². The van der Waals surface area contributed by atoms with Gasteiger partial charge in [-0.3, -0.25) is 5.41 Å². The third-order valence-electron chi connectivity index (χ3n) is 3.23. The topological polar surface area (TPSA) is 77.5 Å². The van der Waals surface area contributed by atoms with Crippen molar-refractivity contribution < 1.29 is 4.39 Å². The van der Waals surface area contributed by atoms with Crippen LogP contribution in [0.4, 0.5) is 15.8 Å². The van der Waals surface area contributed by atoms with Gasteiger partial charge in [-0.25, -0.2) is 4.39 Å². The standard InChI is InChI=1S/C12H16FN5/c1-6-11(17-16-2)10(15)9-7(13)4-5-8(14)12(9)18(6)3/h4-6,15-16H,14H2,1-3H3/b15-10?,17-11-. The largest absolute Gasteiger partial charge is 0.397 e. The van der Waals surface area contributed by atoms with Gasteiger partial charge >= 0.3 is 0 Å². The monoisotopic (exact) mass is 249 g/mol. The molecule has 18 heavy (non-hydrogen) atoms. The minimum atomic E-state index is -0.452. The minimum absolute atomic E-state index is 0.0785. The smallest absolute Gasteiger partial charge is 0.134 e. The Balaban J connectivity index is 2.71. The lowest BCUT2D eigenvalue weighted by Crippen LogP contribution is -2.46. The zero-order valence-corrected chi connectivity index (χ0v) is 10.6. The minimum Gasteiger partial charge on any atom is -0.397 e. The third-order valence-corrected chi connectivity index (χ3v) is 3.23. The number of anilines is 2. The van der Waals surface area contributed by atoms with Crippen molar-refractivity contribution in [2.24, 2.45) is 5.10 Å². The Bertz CT molecular complexity index is 538. The number of rotatable bonds is 1. The van der Waals surface area contributed by atoms with Crippen LogP contribution < -0.4 is 16.1 Å². The van der Waals surface area contributed by atoms with E-state index in [1.165, 1.54) is 12.1 Å². The van der Waals surface area contributed by atoms with Gasteiger partial charge in [-0.15, -0.1) is 0 Å². The highest BCUT2D eigenvalue weighted by Crippen LogP contribution is 2.35. The number of nitrogens with two attached hydrogens (primary N) is 1. The van der Waals surface area contributed by atoms with Crippen molar-refractivity contribution in [3.63, 3.8) is 0 Å². The van der Waals surface area contributed by atoms with Crippen LogP contribution in [0.2, 0.25) is 0 Å². The summed E-state index contributed by atoms with van der Waals surface area (Å²) in [6, 6.07) is 2.66. The van der Waals surface area contributed by atoms with Gasteiger partial charge in [-0.2, -0.15) is 5.10 Å². The Morgan fingerprint density at radius 3 is 2.78 bits per heavy atom. The fraction of sp³-hybridized carbons (Fsp3) is 0.333. The molecule has 0 amide bonds. The van der Waals surface area contributed by atoms with E-state index >= 15 is 0 Å². The molecule has 0 saturated heterocycles. The maximum absolute atomic E-state index is 13.9. The van der Waals surface area contributed by atoms with Crippen LogP contribution in [0.5, 0.6) is 0 Å². The highest BCUT2D eigenvalue weighted by atomic mass is 19.1. The lowest BCUT2D eigenvalue weighted by Gasteiger charge is -2.36. The summed E-state index contributed by atoms with van der Waals surface area (Å²) in [6.07, 6.45) is 0. The molecule has 1 unspecified atom stereocenters. The molecule has 0 bridgehead atoms. The van der Waals surface area contributed by atoms with E-state index in [9.17, 15) is 4.39 Å². The second-order valence-corrected chi connectivity index (χ2v) is 4.24. The predicted octanol–water partition coefficient (Wildman–Crippen LogP) is 1.19. The van der Waals surface area contributed by atoms with E-state index in [-0.39, 0.29) is 17.3 Å². The molecular weight excluding hydrogens is 233 g/mol. The van der Waals surface area contributed by atoms with Gasteiger partial charge in [0.15, 0.2) is 0 Å². The fourth-order valence-corrected chi connectivity index (χ4v) is 2.18. The third kappa shape index (κ3) is 1.61. The highest BCUT2D eigenvalue weighted by molar-refractivity contribution is 6.51. The molecule has 0 fully saturated rings. The molecule has 2 rings (SSSR count).